The molecule has 0 amide bonds. The van der Waals surface area contributed by atoms with E-state index in [1.54, 1.807) is 24.5 Å². The van der Waals surface area contributed by atoms with E-state index in [0.29, 0.717) is 22.7 Å². The molecule has 0 fully saturated rings. The predicted octanol–water partition coefficient (Wildman–Crippen LogP) is 2.06. The third kappa shape index (κ3) is 1.42. The molecule has 1 aromatic carbocycles. The Balaban J connectivity index is 2.55. The minimum atomic E-state index is -0.140. The maximum absolute atomic E-state index is 11.9. The van der Waals surface area contributed by atoms with Crippen molar-refractivity contribution in [3.63, 3.8) is 0 Å². The first-order chi connectivity index (χ1) is 8.15. The van der Waals surface area contributed by atoms with Gasteiger partial charge in [-0.15, -0.1) is 0 Å². The molecule has 0 saturated heterocycles. The van der Waals surface area contributed by atoms with Crippen LogP contribution < -0.4 is 16.9 Å². The zero-order chi connectivity index (χ0) is 12.0. The van der Waals surface area contributed by atoms with Crippen LogP contribution in [0.25, 0.3) is 22.1 Å². The van der Waals surface area contributed by atoms with Crippen molar-refractivity contribution in [2.24, 2.45) is 0 Å². The molecule has 1 aromatic rings. The molecule has 3 rings (SSSR count). The van der Waals surface area contributed by atoms with Gasteiger partial charge in [0, 0.05) is 28.9 Å². The molecule has 0 unspecified atom stereocenters. The molecule has 0 bridgehead atoms. The molecule has 4 nitrogen and oxygen atoms in total. The number of rotatable bonds is 0. The zero-order valence-corrected chi connectivity index (χ0v) is 8.94. The lowest BCUT2D eigenvalue weighted by Gasteiger charge is -2.08. The Kier molecular flexibility index (Phi) is 1.86. The van der Waals surface area contributed by atoms with Crippen molar-refractivity contribution in [1.29, 1.82) is 0 Å². The van der Waals surface area contributed by atoms with Crippen molar-refractivity contribution in [1.82, 2.24) is 0 Å². The van der Waals surface area contributed by atoms with Gasteiger partial charge in [0.15, 0.2) is 5.43 Å². The van der Waals surface area contributed by atoms with Crippen molar-refractivity contribution in [3.8, 4) is 11.3 Å². The average Bonchev–Trinajstić information content (AvgIpc) is 2.28. The Labute approximate surface area is 96.8 Å². The van der Waals surface area contributed by atoms with Gasteiger partial charge in [0.05, 0.1) is 11.8 Å². The molecule has 2 aliphatic rings. The second-order valence-electron chi connectivity index (χ2n) is 3.97. The topological polar surface area (TPSA) is 82.2 Å². The first kappa shape index (κ1) is 9.72. The minimum Gasteiger partial charge on any atom is -0.463 e. The number of nitrogen functional groups attached to an aromatic ring is 2. The van der Waals surface area contributed by atoms with Crippen molar-refractivity contribution in [2.75, 3.05) is 11.5 Å². The maximum Gasteiger partial charge on any atom is 0.192 e. The number of hydrogen-bond donors (Lipinski definition) is 2. The molecule has 17 heavy (non-hydrogen) atoms. The normalized spacial score (nSPS) is 11.1. The van der Waals surface area contributed by atoms with Crippen LogP contribution in [0.4, 0.5) is 11.4 Å². The van der Waals surface area contributed by atoms with Gasteiger partial charge < -0.3 is 15.9 Å². The minimum absolute atomic E-state index is 0.140. The van der Waals surface area contributed by atoms with E-state index in [2.05, 4.69) is 0 Å². The third-order valence-corrected chi connectivity index (χ3v) is 2.75. The summed E-state index contributed by atoms with van der Waals surface area (Å²) in [5.74, 6) is 0.493. The van der Waals surface area contributed by atoms with E-state index in [1.165, 1.54) is 6.07 Å². The summed E-state index contributed by atoms with van der Waals surface area (Å²) in [5, 5.41) is 1.63. The summed E-state index contributed by atoms with van der Waals surface area (Å²) in [6, 6.07) is 8.39. The van der Waals surface area contributed by atoms with Gasteiger partial charge in [-0.2, -0.15) is 0 Å². The Morgan fingerprint density at radius 3 is 2.65 bits per heavy atom. The standard InChI is InChI=1S/C13H10N2O2/c14-8-1-2-10-7(3-8)6-17-12-5-9(15)4-11(16)13(10)12/h1-6H,14-15H2. The van der Waals surface area contributed by atoms with Crippen LogP contribution >= 0.6 is 0 Å². The molecule has 0 aromatic heterocycles. The summed E-state index contributed by atoms with van der Waals surface area (Å²) >= 11 is 0. The lowest BCUT2D eigenvalue weighted by Crippen LogP contribution is -2.06. The lowest BCUT2D eigenvalue weighted by molar-refractivity contribution is 0.572. The van der Waals surface area contributed by atoms with E-state index < -0.39 is 0 Å². The second-order valence-corrected chi connectivity index (χ2v) is 3.97. The molecule has 4 N–H and O–H groups in total. The molecular weight excluding hydrogens is 216 g/mol. The number of hydrogen-bond acceptors (Lipinski definition) is 4. The van der Waals surface area contributed by atoms with Crippen molar-refractivity contribution in [3.05, 3.63) is 46.8 Å². The van der Waals surface area contributed by atoms with Crippen LogP contribution in [0.2, 0.25) is 0 Å². The maximum atomic E-state index is 11.9. The van der Waals surface area contributed by atoms with Gasteiger partial charge in [-0.05, 0) is 17.5 Å². The van der Waals surface area contributed by atoms with E-state index in [4.69, 9.17) is 15.9 Å². The number of nitrogens with two attached hydrogens (primary N) is 2. The highest BCUT2D eigenvalue weighted by Crippen LogP contribution is 2.30. The summed E-state index contributed by atoms with van der Waals surface area (Å²) in [6.07, 6.45) is 1.58. The average molecular weight is 226 g/mol. The van der Waals surface area contributed by atoms with Gasteiger partial charge in [0.25, 0.3) is 0 Å². The molecule has 0 spiro atoms. The zero-order valence-electron chi connectivity index (χ0n) is 8.94. The smallest absolute Gasteiger partial charge is 0.192 e. The summed E-state index contributed by atoms with van der Waals surface area (Å²) in [5.41, 5.74) is 12.7. The summed E-state index contributed by atoms with van der Waals surface area (Å²) in [7, 11) is 0. The van der Waals surface area contributed by atoms with Gasteiger partial charge in [0.2, 0.25) is 0 Å². The quantitative estimate of drug-likeness (QED) is 0.454. The molecule has 1 aliphatic carbocycles. The number of benzene rings is 2. The van der Waals surface area contributed by atoms with Crippen LogP contribution in [0.15, 0.2) is 45.8 Å². The molecule has 4 heteroatoms. The number of anilines is 2. The van der Waals surface area contributed by atoms with Gasteiger partial charge in [-0.3, -0.25) is 4.79 Å². The van der Waals surface area contributed by atoms with Gasteiger partial charge in [-0.1, -0.05) is 6.07 Å². The van der Waals surface area contributed by atoms with Crippen LogP contribution in [0, 0.1) is 0 Å². The monoisotopic (exact) mass is 226 g/mol. The predicted molar refractivity (Wildman–Crippen MR) is 67.9 cm³/mol. The summed E-state index contributed by atoms with van der Waals surface area (Å²) < 4.78 is 5.41. The van der Waals surface area contributed by atoms with Crippen molar-refractivity contribution < 1.29 is 4.42 Å². The molecule has 1 heterocycles. The molecule has 0 radical (unpaired) electrons. The molecule has 0 saturated carbocycles. The number of fused-ring (bicyclic) bond motifs is 3. The van der Waals surface area contributed by atoms with Gasteiger partial charge >= 0.3 is 0 Å². The van der Waals surface area contributed by atoms with Crippen LogP contribution in [-0.2, 0) is 0 Å². The van der Waals surface area contributed by atoms with E-state index in [-0.39, 0.29) is 5.43 Å². The van der Waals surface area contributed by atoms with Crippen LogP contribution in [0.3, 0.4) is 0 Å². The Morgan fingerprint density at radius 2 is 1.82 bits per heavy atom. The van der Waals surface area contributed by atoms with Gasteiger partial charge in [-0.25, -0.2) is 0 Å². The van der Waals surface area contributed by atoms with E-state index in [9.17, 15) is 4.79 Å². The fourth-order valence-electron chi connectivity index (χ4n) is 2.00. The molecule has 0 atom stereocenters. The SMILES string of the molecule is Nc1cc2occ3cc(N)ccc3c-2c(=O)c1. The molecule has 84 valence electrons. The van der Waals surface area contributed by atoms with E-state index in [0.717, 1.165) is 10.8 Å². The molecule has 1 aliphatic heterocycles. The van der Waals surface area contributed by atoms with E-state index in [1.807, 2.05) is 6.07 Å². The van der Waals surface area contributed by atoms with E-state index >= 15 is 0 Å². The fourth-order valence-corrected chi connectivity index (χ4v) is 2.00. The van der Waals surface area contributed by atoms with Gasteiger partial charge in [0.1, 0.15) is 5.76 Å². The Morgan fingerprint density at radius 1 is 1.00 bits per heavy atom. The van der Waals surface area contributed by atoms with Crippen molar-refractivity contribution >= 4 is 22.1 Å². The highest BCUT2D eigenvalue weighted by molar-refractivity contribution is 5.97. The first-order valence-electron chi connectivity index (χ1n) is 5.15. The summed E-state index contributed by atoms with van der Waals surface area (Å²) in [4.78, 5) is 11.9. The fraction of sp³-hybridized carbons (Fsp3) is 0. The highest BCUT2D eigenvalue weighted by atomic mass is 16.3. The molecular formula is C13H10N2O2. The highest BCUT2D eigenvalue weighted by Gasteiger charge is 2.13. The van der Waals surface area contributed by atoms with Crippen LogP contribution in [-0.4, -0.2) is 0 Å². The lowest BCUT2D eigenvalue weighted by atomic mass is 10.0. The Bertz CT molecular complexity index is 746. The second kappa shape index (κ2) is 3.25. The van der Waals surface area contributed by atoms with Crippen molar-refractivity contribution in [2.45, 2.75) is 0 Å². The van der Waals surface area contributed by atoms with Crippen LogP contribution in [0.1, 0.15) is 0 Å². The third-order valence-electron chi connectivity index (χ3n) is 2.75. The largest absolute Gasteiger partial charge is 0.463 e. The summed E-state index contributed by atoms with van der Waals surface area (Å²) in [6.45, 7) is 0. The van der Waals surface area contributed by atoms with Crippen LogP contribution in [0.5, 0.6) is 0 Å². The Hall–Kier alpha value is -2.49. The first-order valence-corrected chi connectivity index (χ1v) is 5.15.